The first-order valence-corrected chi connectivity index (χ1v) is 10.1. The molecule has 5 rings (SSSR count). The molecule has 29 heavy (non-hydrogen) atoms. The smallest absolute Gasteiger partial charge is 0.277 e. The van der Waals surface area contributed by atoms with Crippen molar-refractivity contribution >= 4 is 52.5 Å². The lowest BCUT2D eigenvalue weighted by atomic mass is 10.00. The molecule has 3 heterocycles. The number of halogens is 2. The van der Waals surface area contributed by atoms with E-state index >= 15 is 4.39 Å². The minimum absolute atomic E-state index is 0.127. The summed E-state index contributed by atoms with van der Waals surface area (Å²) in [5.74, 6) is -1.13. The van der Waals surface area contributed by atoms with Gasteiger partial charge >= 0.3 is 6.03 Å². The molecule has 0 bridgehead atoms. The molecule has 2 aliphatic rings. The third-order valence-electron chi connectivity index (χ3n) is 5.04. The number of nitrogens with one attached hydrogen (secondary N) is 1. The zero-order chi connectivity index (χ0) is 20.1. The van der Waals surface area contributed by atoms with Crippen LogP contribution in [-0.4, -0.2) is 18.2 Å². The van der Waals surface area contributed by atoms with Gasteiger partial charge in [0.15, 0.2) is 0 Å². The average molecular weight is 426 g/mol. The number of amides is 3. The Labute approximate surface area is 174 Å². The van der Waals surface area contributed by atoms with Gasteiger partial charge in [0.2, 0.25) is 0 Å². The van der Waals surface area contributed by atoms with Crippen LogP contribution in [0, 0.1) is 5.82 Å². The third-order valence-corrected chi connectivity index (χ3v) is 6.13. The summed E-state index contributed by atoms with van der Waals surface area (Å²) in [6.45, 7) is 0. The predicted octanol–water partition coefficient (Wildman–Crippen LogP) is 5.26. The first-order valence-electron chi connectivity index (χ1n) is 8.84. The second-order valence-corrected chi connectivity index (χ2v) is 8.31. The van der Waals surface area contributed by atoms with Crippen LogP contribution < -0.4 is 10.2 Å². The van der Waals surface area contributed by atoms with E-state index in [9.17, 15) is 9.59 Å². The largest absolute Gasteiger partial charge is 0.329 e. The van der Waals surface area contributed by atoms with Gasteiger partial charge in [-0.3, -0.25) is 20.0 Å². The molecule has 2 aliphatic heterocycles. The Kier molecular flexibility index (Phi) is 4.22. The van der Waals surface area contributed by atoms with Crippen molar-refractivity contribution in [2.24, 2.45) is 4.99 Å². The number of hydrogen-bond acceptors (Lipinski definition) is 4. The van der Waals surface area contributed by atoms with E-state index in [1.165, 1.54) is 28.4 Å². The van der Waals surface area contributed by atoms with E-state index in [2.05, 4.69) is 10.3 Å². The topological polar surface area (TPSA) is 61.8 Å². The molecular weight excluding hydrogens is 413 g/mol. The zero-order valence-electron chi connectivity index (χ0n) is 14.9. The van der Waals surface area contributed by atoms with Crippen LogP contribution in [0.25, 0.3) is 11.1 Å². The monoisotopic (exact) mass is 425 g/mol. The molecule has 0 spiro atoms. The number of anilines is 1. The Morgan fingerprint density at radius 3 is 2.76 bits per heavy atom. The molecule has 0 saturated carbocycles. The number of aliphatic imine (C=N–C) groups is 1. The van der Waals surface area contributed by atoms with Crippen LogP contribution in [0.4, 0.5) is 20.6 Å². The van der Waals surface area contributed by atoms with Gasteiger partial charge in [-0.05, 0) is 41.0 Å². The molecule has 2 aromatic carbocycles. The van der Waals surface area contributed by atoms with Crippen molar-refractivity contribution in [3.8, 4) is 11.1 Å². The molecule has 3 aromatic rings. The number of thiophene rings is 1. The first kappa shape index (κ1) is 18.0. The van der Waals surface area contributed by atoms with Crippen molar-refractivity contribution < 1.29 is 14.0 Å². The molecule has 0 radical (unpaired) electrons. The molecule has 1 saturated heterocycles. The minimum atomic E-state index is -1.09. The van der Waals surface area contributed by atoms with Crippen molar-refractivity contribution in [1.82, 2.24) is 5.32 Å². The van der Waals surface area contributed by atoms with Crippen LogP contribution in [0.2, 0.25) is 4.34 Å². The van der Waals surface area contributed by atoms with Crippen LogP contribution in [0.15, 0.2) is 52.8 Å². The van der Waals surface area contributed by atoms with E-state index in [1.807, 2.05) is 11.4 Å². The number of hydrogen-bond donors (Lipinski definition) is 1. The average Bonchev–Trinajstić information content (AvgIpc) is 3.40. The predicted molar refractivity (Wildman–Crippen MR) is 112 cm³/mol. The summed E-state index contributed by atoms with van der Waals surface area (Å²) >= 11 is 7.32. The lowest BCUT2D eigenvalue weighted by molar-refractivity contribution is -0.120. The maximum atomic E-state index is 15.0. The van der Waals surface area contributed by atoms with E-state index in [1.54, 1.807) is 30.5 Å². The Balaban J connectivity index is 1.55. The van der Waals surface area contributed by atoms with Crippen LogP contribution in [0.5, 0.6) is 0 Å². The van der Waals surface area contributed by atoms with Gasteiger partial charge in [0.05, 0.1) is 10.0 Å². The fourth-order valence-electron chi connectivity index (χ4n) is 3.64. The standard InChI is InChI=1S/C21H13ClFN3O2S/c22-18-8-13(10-29-18)12-2-4-15(16(23)7-12)19-20(27)25-21(28)26(19)14-3-1-11-5-6-24-17(11)9-14/h1-4,6-10,19H,5H2,(H,25,27,28). The Hall–Kier alpha value is -3.03. The zero-order valence-corrected chi connectivity index (χ0v) is 16.4. The first-order chi connectivity index (χ1) is 14.0. The molecule has 144 valence electrons. The van der Waals surface area contributed by atoms with Crippen molar-refractivity contribution in [3.63, 3.8) is 0 Å². The highest BCUT2D eigenvalue weighted by atomic mass is 35.5. The summed E-state index contributed by atoms with van der Waals surface area (Å²) in [6.07, 6.45) is 2.52. The molecule has 1 fully saturated rings. The van der Waals surface area contributed by atoms with Crippen molar-refractivity contribution in [2.75, 3.05) is 4.90 Å². The van der Waals surface area contributed by atoms with E-state index in [-0.39, 0.29) is 5.56 Å². The highest BCUT2D eigenvalue weighted by molar-refractivity contribution is 7.14. The van der Waals surface area contributed by atoms with Gasteiger partial charge in [0.25, 0.3) is 5.91 Å². The van der Waals surface area contributed by atoms with Gasteiger partial charge in [-0.2, -0.15) is 0 Å². The van der Waals surface area contributed by atoms with E-state index in [0.717, 1.165) is 23.2 Å². The third kappa shape index (κ3) is 3.03. The van der Waals surface area contributed by atoms with Crippen LogP contribution >= 0.6 is 22.9 Å². The number of rotatable bonds is 3. The minimum Gasteiger partial charge on any atom is -0.277 e. The Morgan fingerprint density at radius 2 is 2.00 bits per heavy atom. The quantitative estimate of drug-likeness (QED) is 0.581. The summed E-state index contributed by atoms with van der Waals surface area (Å²) in [6, 6.07) is 10.0. The lowest BCUT2D eigenvalue weighted by Gasteiger charge is -2.23. The molecule has 1 aromatic heterocycles. The maximum Gasteiger partial charge on any atom is 0.329 e. The summed E-state index contributed by atoms with van der Waals surface area (Å²) in [5, 5.41) is 4.12. The van der Waals surface area contributed by atoms with Crippen molar-refractivity contribution in [3.05, 3.63) is 69.1 Å². The van der Waals surface area contributed by atoms with Gasteiger partial charge in [0, 0.05) is 29.3 Å². The van der Waals surface area contributed by atoms with E-state index in [4.69, 9.17) is 11.6 Å². The van der Waals surface area contributed by atoms with Gasteiger partial charge < -0.3 is 0 Å². The molecular formula is C21H13ClFN3O2S. The fourth-order valence-corrected chi connectivity index (χ4v) is 4.53. The number of benzene rings is 2. The number of imide groups is 1. The molecule has 5 nitrogen and oxygen atoms in total. The number of carbonyl (C=O) groups is 2. The van der Waals surface area contributed by atoms with Crippen LogP contribution in [-0.2, 0) is 11.2 Å². The summed E-state index contributed by atoms with van der Waals surface area (Å²) in [5.41, 5.74) is 3.86. The van der Waals surface area contributed by atoms with E-state index < -0.39 is 23.8 Å². The van der Waals surface area contributed by atoms with Crippen molar-refractivity contribution in [1.29, 1.82) is 0 Å². The second-order valence-electron chi connectivity index (χ2n) is 6.77. The normalized spacial score (nSPS) is 17.7. The molecule has 8 heteroatoms. The Bertz CT molecular complexity index is 1210. The summed E-state index contributed by atoms with van der Waals surface area (Å²) in [4.78, 5) is 30.6. The molecule has 0 aliphatic carbocycles. The number of nitrogens with zero attached hydrogens (tertiary/aromatic N) is 2. The van der Waals surface area contributed by atoms with Crippen molar-refractivity contribution in [2.45, 2.75) is 12.5 Å². The van der Waals surface area contributed by atoms with Gasteiger partial charge in [0.1, 0.15) is 11.9 Å². The highest BCUT2D eigenvalue weighted by Crippen LogP contribution is 2.38. The molecule has 1 unspecified atom stereocenters. The molecule has 1 N–H and O–H groups in total. The van der Waals surface area contributed by atoms with Gasteiger partial charge in [-0.15, -0.1) is 11.3 Å². The van der Waals surface area contributed by atoms with Crippen LogP contribution in [0.1, 0.15) is 17.2 Å². The lowest BCUT2D eigenvalue weighted by Crippen LogP contribution is -2.30. The number of urea groups is 1. The second kappa shape index (κ2) is 6.79. The SMILES string of the molecule is O=C1NC(=O)N(c2ccc3c(c2)N=CC3)C1c1ccc(-c2csc(Cl)c2)cc1F. The highest BCUT2D eigenvalue weighted by Gasteiger charge is 2.42. The number of fused-ring (bicyclic) bond motifs is 1. The van der Waals surface area contributed by atoms with Gasteiger partial charge in [-0.1, -0.05) is 29.8 Å². The summed E-state index contributed by atoms with van der Waals surface area (Å²) < 4.78 is 15.6. The fraction of sp³-hybridized carbons (Fsp3) is 0.0952. The molecule has 3 amide bonds. The van der Waals surface area contributed by atoms with Crippen LogP contribution in [0.3, 0.4) is 0 Å². The maximum absolute atomic E-state index is 15.0. The number of carbonyl (C=O) groups excluding carboxylic acids is 2. The Morgan fingerprint density at radius 1 is 1.14 bits per heavy atom. The van der Waals surface area contributed by atoms with Gasteiger partial charge in [-0.25, -0.2) is 9.18 Å². The van der Waals surface area contributed by atoms with E-state index in [0.29, 0.717) is 15.6 Å². The summed E-state index contributed by atoms with van der Waals surface area (Å²) in [7, 11) is 0. The molecule has 1 atom stereocenters.